The molecule has 0 aromatic heterocycles. The lowest BCUT2D eigenvalue weighted by Crippen LogP contribution is -2.38. The number of carbonyl (C=O) groups excluding carboxylic acids is 3. The van der Waals surface area contributed by atoms with Gasteiger partial charge in [0.05, 0.1) is 29.6 Å². The molecule has 0 fully saturated rings. The molecule has 170 valence electrons. The maximum absolute atomic E-state index is 12.9. The molecule has 1 unspecified atom stereocenters. The van der Waals surface area contributed by atoms with Gasteiger partial charge >= 0.3 is 0 Å². The van der Waals surface area contributed by atoms with Gasteiger partial charge in [0, 0.05) is 17.8 Å². The number of nitrogens with one attached hydrogen (secondary N) is 2. The van der Waals surface area contributed by atoms with E-state index in [1.165, 1.54) is 11.9 Å². The second-order valence-corrected chi connectivity index (χ2v) is 8.27. The van der Waals surface area contributed by atoms with E-state index in [0.29, 0.717) is 21.3 Å². The second kappa shape index (κ2) is 11.5. The van der Waals surface area contributed by atoms with Crippen LogP contribution in [0.15, 0.2) is 78.9 Å². The second-order valence-electron chi connectivity index (χ2n) is 7.43. The highest BCUT2D eigenvalue weighted by Gasteiger charge is 2.23. The molecule has 8 heteroatoms. The Morgan fingerprint density at radius 2 is 1.61 bits per heavy atom. The van der Waals surface area contributed by atoms with Crippen LogP contribution in [0.25, 0.3) is 0 Å². The molecule has 2 N–H and O–H groups in total. The Bertz CT molecular complexity index is 1140. The van der Waals surface area contributed by atoms with Crippen LogP contribution in [0.1, 0.15) is 28.4 Å². The van der Waals surface area contributed by atoms with E-state index in [1.54, 1.807) is 48.5 Å². The smallest absolute Gasteiger partial charge is 0.253 e. The van der Waals surface area contributed by atoms with Gasteiger partial charge in [-0.1, -0.05) is 71.7 Å². The number of carbonyl (C=O) groups is 3. The minimum Gasteiger partial charge on any atom is -0.345 e. The molecule has 0 aliphatic rings. The first-order chi connectivity index (χ1) is 15.8. The first-order valence-electron chi connectivity index (χ1n) is 10.2. The number of hydrogen-bond acceptors (Lipinski definition) is 3. The van der Waals surface area contributed by atoms with Crippen LogP contribution in [-0.4, -0.2) is 36.2 Å². The van der Waals surface area contributed by atoms with Crippen LogP contribution in [0.5, 0.6) is 0 Å². The third kappa shape index (κ3) is 7.07. The van der Waals surface area contributed by atoms with E-state index in [2.05, 4.69) is 10.6 Å². The summed E-state index contributed by atoms with van der Waals surface area (Å²) in [6.07, 6.45) is -0.0266. The zero-order valence-electron chi connectivity index (χ0n) is 17.9. The summed E-state index contributed by atoms with van der Waals surface area (Å²) in [5, 5.41) is 6.42. The average Bonchev–Trinajstić information content (AvgIpc) is 2.79. The molecule has 0 aliphatic carbocycles. The zero-order chi connectivity index (χ0) is 23.8. The summed E-state index contributed by atoms with van der Waals surface area (Å²) >= 11 is 12.1. The summed E-state index contributed by atoms with van der Waals surface area (Å²) in [4.78, 5) is 39.4. The maximum atomic E-state index is 12.9. The lowest BCUT2D eigenvalue weighted by molar-refractivity contribution is -0.133. The Hall–Kier alpha value is -3.35. The van der Waals surface area contributed by atoms with Gasteiger partial charge in [0.15, 0.2) is 0 Å². The predicted octanol–water partition coefficient (Wildman–Crippen LogP) is 4.95. The Morgan fingerprint density at radius 1 is 0.909 bits per heavy atom. The Labute approximate surface area is 202 Å². The monoisotopic (exact) mass is 483 g/mol. The van der Waals surface area contributed by atoms with Crippen LogP contribution in [0, 0.1) is 0 Å². The minimum atomic E-state index is -0.596. The van der Waals surface area contributed by atoms with E-state index < -0.39 is 6.04 Å². The van der Waals surface area contributed by atoms with Gasteiger partial charge in [0.2, 0.25) is 11.8 Å². The van der Waals surface area contributed by atoms with Gasteiger partial charge < -0.3 is 15.5 Å². The maximum Gasteiger partial charge on any atom is 0.253 e. The van der Waals surface area contributed by atoms with E-state index in [1.807, 2.05) is 30.3 Å². The van der Waals surface area contributed by atoms with Gasteiger partial charge in [-0.25, -0.2) is 0 Å². The van der Waals surface area contributed by atoms with E-state index in [-0.39, 0.29) is 30.7 Å². The predicted molar refractivity (Wildman–Crippen MR) is 130 cm³/mol. The molecule has 3 amide bonds. The number of nitrogens with zero attached hydrogens (tertiary/aromatic N) is 1. The molecule has 3 aromatic rings. The van der Waals surface area contributed by atoms with Crippen LogP contribution < -0.4 is 10.6 Å². The van der Waals surface area contributed by atoms with Crippen LogP contribution in [0.3, 0.4) is 0 Å². The van der Waals surface area contributed by atoms with Crippen molar-refractivity contribution in [2.24, 2.45) is 0 Å². The zero-order valence-corrected chi connectivity index (χ0v) is 19.4. The van der Waals surface area contributed by atoms with Crippen molar-refractivity contribution in [1.29, 1.82) is 0 Å². The molecule has 3 aromatic carbocycles. The summed E-state index contributed by atoms with van der Waals surface area (Å²) in [6, 6.07) is 22.0. The first-order valence-corrected chi connectivity index (χ1v) is 11.0. The third-order valence-electron chi connectivity index (χ3n) is 4.92. The summed E-state index contributed by atoms with van der Waals surface area (Å²) in [5.41, 5.74) is 1.63. The van der Waals surface area contributed by atoms with Crippen molar-refractivity contribution in [1.82, 2.24) is 10.2 Å². The fraction of sp³-hybridized carbons (Fsp3) is 0.160. The lowest BCUT2D eigenvalue weighted by atomic mass is 10.0. The Balaban J connectivity index is 1.67. The average molecular weight is 484 g/mol. The van der Waals surface area contributed by atoms with Crippen molar-refractivity contribution in [3.8, 4) is 0 Å². The number of anilines is 1. The van der Waals surface area contributed by atoms with Crippen molar-refractivity contribution >= 4 is 46.6 Å². The summed E-state index contributed by atoms with van der Waals surface area (Å²) in [7, 11) is 1.54. The molecule has 1 atom stereocenters. The highest BCUT2D eigenvalue weighted by atomic mass is 35.5. The fourth-order valence-corrected chi connectivity index (χ4v) is 3.63. The first kappa shape index (κ1) is 24.3. The molecule has 0 bridgehead atoms. The Morgan fingerprint density at radius 3 is 2.30 bits per heavy atom. The van der Waals surface area contributed by atoms with Crippen LogP contribution in [0.2, 0.25) is 10.0 Å². The number of likely N-dealkylation sites (N-methyl/N-ethyl adjacent to an activating group) is 1. The summed E-state index contributed by atoms with van der Waals surface area (Å²) in [5.74, 6) is -1.04. The molecule has 0 radical (unpaired) electrons. The van der Waals surface area contributed by atoms with Crippen LogP contribution >= 0.6 is 23.2 Å². The van der Waals surface area contributed by atoms with Crippen molar-refractivity contribution in [3.63, 3.8) is 0 Å². The van der Waals surface area contributed by atoms with E-state index in [0.717, 1.165) is 5.56 Å². The fourth-order valence-electron chi connectivity index (χ4n) is 3.22. The summed E-state index contributed by atoms with van der Waals surface area (Å²) in [6.45, 7) is -0.148. The normalized spacial score (nSPS) is 11.4. The molecule has 0 saturated heterocycles. The molecule has 6 nitrogen and oxygen atoms in total. The summed E-state index contributed by atoms with van der Waals surface area (Å²) < 4.78 is 0. The van der Waals surface area contributed by atoms with Crippen LogP contribution in [0.4, 0.5) is 5.69 Å². The molecule has 33 heavy (non-hydrogen) atoms. The molecule has 0 aliphatic heterocycles. The highest BCUT2D eigenvalue weighted by molar-refractivity contribution is 6.33. The molecule has 0 heterocycles. The van der Waals surface area contributed by atoms with E-state index >= 15 is 0 Å². The van der Waals surface area contributed by atoms with Gasteiger partial charge in [-0.3, -0.25) is 14.4 Å². The van der Waals surface area contributed by atoms with Crippen molar-refractivity contribution in [3.05, 3.63) is 100 Å². The quantitative estimate of drug-likeness (QED) is 0.475. The van der Waals surface area contributed by atoms with Crippen molar-refractivity contribution in [2.75, 3.05) is 18.9 Å². The molecular formula is C25H23Cl2N3O3. The largest absolute Gasteiger partial charge is 0.345 e. The standard InChI is InChI=1S/C25H23Cl2N3O3/c1-30(16-23(31)28-19-11-7-10-18(26)14-19)24(32)15-22(17-8-3-2-4-9-17)29-25(33)20-12-5-6-13-21(20)27/h2-14,22H,15-16H2,1H3,(H,28,31)(H,29,33). The van der Waals surface area contributed by atoms with Gasteiger partial charge in [-0.15, -0.1) is 0 Å². The number of amides is 3. The van der Waals surface area contributed by atoms with Gasteiger partial charge in [-0.05, 0) is 35.9 Å². The van der Waals surface area contributed by atoms with Gasteiger partial charge in [0.1, 0.15) is 0 Å². The molecular weight excluding hydrogens is 461 g/mol. The van der Waals surface area contributed by atoms with E-state index in [4.69, 9.17) is 23.2 Å². The van der Waals surface area contributed by atoms with Crippen LogP contribution in [-0.2, 0) is 9.59 Å². The molecule has 0 spiro atoms. The molecule has 3 rings (SSSR count). The van der Waals surface area contributed by atoms with Gasteiger partial charge in [-0.2, -0.15) is 0 Å². The Kier molecular flexibility index (Phi) is 8.46. The third-order valence-corrected chi connectivity index (χ3v) is 5.48. The minimum absolute atomic E-state index is 0.0266. The number of hydrogen-bond donors (Lipinski definition) is 2. The highest BCUT2D eigenvalue weighted by Crippen LogP contribution is 2.21. The molecule has 0 saturated carbocycles. The SMILES string of the molecule is CN(CC(=O)Nc1cccc(Cl)c1)C(=O)CC(NC(=O)c1ccccc1Cl)c1ccccc1. The topological polar surface area (TPSA) is 78.5 Å². The van der Waals surface area contributed by atoms with Crippen molar-refractivity contribution in [2.45, 2.75) is 12.5 Å². The van der Waals surface area contributed by atoms with Gasteiger partial charge in [0.25, 0.3) is 5.91 Å². The number of benzene rings is 3. The number of halogens is 2. The lowest BCUT2D eigenvalue weighted by Gasteiger charge is -2.23. The number of rotatable bonds is 8. The van der Waals surface area contributed by atoms with E-state index in [9.17, 15) is 14.4 Å². The van der Waals surface area contributed by atoms with Crippen molar-refractivity contribution < 1.29 is 14.4 Å².